The number of nitrogens with one attached hydrogen (secondary N) is 1. The van der Waals surface area contributed by atoms with E-state index in [1.165, 1.54) is 11.8 Å². The van der Waals surface area contributed by atoms with Crippen LogP contribution in [-0.2, 0) is 11.3 Å². The fourth-order valence-corrected chi connectivity index (χ4v) is 4.89. The molecule has 1 saturated heterocycles. The molecule has 3 aromatic rings. The molecule has 1 aromatic carbocycles. The zero-order valence-corrected chi connectivity index (χ0v) is 19.0. The number of benzene rings is 1. The van der Waals surface area contributed by atoms with Crippen molar-refractivity contribution in [1.82, 2.24) is 29.4 Å². The van der Waals surface area contributed by atoms with Gasteiger partial charge < -0.3 is 10.2 Å². The van der Waals surface area contributed by atoms with Crippen LogP contribution in [0.2, 0.25) is 0 Å². The van der Waals surface area contributed by atoms with Gasteiger partial charge in [0.15, 0.2) is 5.16 Å². The molecule has 0 saturated carbocycles. The third kappa shape index (κ3) is 4.62. The molecule has 1 amide bonds. The summed E-state index contributed by atoms with van der Waals surface area (Å²) in [7, 11) is 0. The van der Waals surface area contributed by atoms with Crippen LogP contribution in [0.4, 0.5) is 0 Å². The second-order valence-corrected chi connectivity index (χ2v) is 8.95. The summed E-state index contributed by atoms with van der Waals surface area (Å²) in [6.45, 7) is 8.00. The largest absolute Gasteiger partial charge is 0.353 e. The number of aromatic nitrogens is 4. The molecule has 1 aliphatic heterocycles. The lowest BCUT2D eigenvalue weighted by Crippen LogP contribution is -2.45. The molecule has 0 aliphatic carbocycles. The second-order valence-electron chi connectivity index (χ2n) is 8.01. The van der Waals surface area contributed by atoms with Crippen molar-refractivity contribution in [2.45, 2.75) is 57.3 Å². The normalized spacial score (nSPS) is 15.7. The topological polar surface area (TPSA) is 84.5 Å². The first kappa shape index (κ1) is 21.8. The molecule has 0 radical (unpaired) electrons. The Balaban J connectivity index is 1.54. The number of likely N-dealkylation sites (tertiary alicyclic amines) is 1. The van der Waals surface area contributed by atoms with Crippen molar-refractivity contribution in [2.24, 2.45) is 0 Å². The van der Waals surface area contributed by atoms with Crippen molar-refractivity contribution in [2.75, 3.05) is 25.4 Å². The van der Waals surface area contributed by atoms with Crippen LogP contribution in [0.5, 0.6) is 0 Å². The first-order chi connectivity index (χ1) is 15.1. The van der Waals surface area contributed by atoms with Crippen molar-refractivity contribution < 1.29 is 4.79 Å². The molecule has 31 heavy (non-hydrogen) atoms. The average molecular weight is 443 g/mol. The number of rotatable bonds is 8. The molecule has 4 rings (SSSR count). The lowest BCUT2D eigenvalue weighted by Gasteiger charge is -2.31. The van der Waals surface area contributed by atoms with Crippen LogP contribution in [0.25, 0.3) is 16.7 Å². The zero-order chi connectivity index (χ0) is 21.8. The third-order valence-electron chi connectivity index (χ3n) is 5.95. The summed E-state index contributed by atoms with van der Waals surface area (Å²) >= 11 is 1.36. The van der Waals surface area contributed by atoms with E-state index >= 15 is 0 Å². The molecule has 0 unspecified atom stereocenters. The number of para-hydroxylation sites is 1. The van der Waals surface area contributed by atoms with E-state index in [4.69, 9.17) is 0 Å². The molecule has 166 valence electrons. The summed E-state index contributed by atoms with van der Waals surface area (Å²) in [4.78, 5) is 28.0. The maximum Gasteiger partial charge on any atom is 0.262 e. The zero-order valence-electron chi connectivity index (χ0n) is 18.2. The predicted molar refractivity (Wildman–Crippen MR) is 124 cm³/mol. The molecular weight excluding hydrogens is 412 g/mol. The molecule has 1 fully saturated rings. The van der Waals surface area contributed by atoms with Crippen LogP contribution in [-0.4, -0.2) is 61.4 Å². The minimum Gasteiger partial charge on any atom is -0.353 e. The van der Waals surface area contributed by atoms with E-state index in [0.29, 0.717) is 22.9 Å². The number of hydrogen-bond donors (Lipinski definition) is 1. The van der Waals surface area contributed by atoms with Gasteiger partial charge in [0.25, 0.3) is 5.56 Å². The van der Waals surface area contributed by atoms with E-state index in [9.17, 15) is 9.59 Å². The van der Waals surface area contributed by atoms with E-state index in [1.807, 2.05) is 28.7 Å². The fourth-order valence-electron chi connectivity index (χ4n) is 4.14. The maximum absolute atomic E-state index is 13.0. The van der Waals surface area contributed by atoms with Crippen molar-refractivity contribution in [1.29, 1.82) is 0 Å². The quantitative estimate of drug-likeness (QED) is 0.540. The Kier molecular flexibility index (Phi) is 6.92. The van der Waals surface area contributed by atoms with Gasteiger partial charge in [-0.05, 0) is 37.9 Å². The number of thioether (sulfide) groups is 1. The highest BCUT2D eigenvalue weighted by Gasteiger charge is 2.21. The van der Waals surface area contributed by atoms with E-state index in [1.54, 1.807) is 4.57 Å². The highest BCUT2D eigenvalue weighted by atomic mass is 32.2. The van der Waals surface area contributed by atoms with Crippen molar-refractivity contribution >= 4 is 34.3 Å². The number of hydrogen-bond acceptors (Lipinski definition) is 6. The Morgan fingerprint density at radius 3 is 2.71 bits per heavy atom. The number of amides is 1. The number of fused-ring (bicyclic) bond motifs is 3. The Hall–Kier alpha value is -2.39. The van der Waals surface area contributed by atoms with Gasteiger partial charge in [-0.15, -0.1) is 10.2 Å². The van der Waals surface area contributed by atoms with Crippen molar-refractivity contribution in [3.05, 3.63) is 34.6 Å². The maximum atomic E-state index is 13.0. The van der Waals surface area contributed by atoms with Gasteiger partial charge in [-0.2, -0.15) is 0 Å². The highest BCUT2D eigenvalue weighted by Crippen LogP contribution is 2.22. The number of aryl methyl sites for hydroxylation is 1. The van der Waals surface area contributed by atoms with Crippen LogP contribution in [0.15, 0.2) is 34.2 Å². The molecule has 1 aliphatic rings. The van der Waals surface area contributed by atoms with Gasteiger partial charge in [0, 0.05) is 25.7 Å². The van der Waals surface area contributed by atoms with Crippen LogP contribution in [0.1, 0.15) is 39.5 Å². The van der Waals surface area contributed by atoms with Gasteiger partial charge in [-0.25, -0.2) is 0 Å². The number of piperidine rings is 1. The minimum absolute atomic E-state index is 0.0142. The van der Waals surface area contributed by atoms with Crippen molar-refractivity contribution in [3.63, 3.8) is 0 Å². The SMILES string of the molecule is CCCCn1c(=O)c2ccccc2n2c(SCC(=O)NC3CCN(CC)CC3)nnc12. The standard InChI is InChI=1S/C22H30N6O2S/c1-3-5-12-27-20(30)17-8-6-7-9-18(17)28-21(27)24-25-22(28)31-15-19(29)23-16-10-13-26(4-2)14-11-16/h6-9,16H,3-5,10-15H2,1-2H3,(H,23,29). The Bertz CT molecular complexity index is 1120. The summed E-state index contributed by atoms with van der Waals surface area (Å²) in [5, 5.41) is 13.1. The van der Waals surface area contributed by atoms with Gasteiger partial charge in [-0.3, -0.25) is 18.6 Å². The minimum atomic E-state index is -0.0448. The summed E-state index contributed by atoms with van der Waals surface area (Å²) in [5.41, 5.74) is 0.728. The summed E-state index contributed by atoms with van der Waals surface area (Å²) < 4.78 is 3.61. The molecule has 3 heterocycles. The van der Waals surface area contributed by atoms with Gasteiger partial charge in [0.1, 0.15) is 0 Å². The molecular formula is C22H30N6O2S. The Morgan fingerprint density at radius 2 is 1.97 bits per heavy atom. The fraction of sp³-hybridized carbons (Fsp3) is 0.545. The summed E-state index contributed by atoms with van der Waals surface area (Å²) in [5.74, 6) is 0.823. The van der Waals surface area contributed by atoms with Crippen LogP contribution in [0.3, 0.4) is 0 Å². The van der Waals surface area contributed by atoms with Crippen molar-refractivity contribution in [3.8, 4) is 0 Å². The first-order valence-electron chi connectivity index (χ1n) is 11.1. The van der Waals surface area contributed by atoms with Crippen LogP contribution < -0.4 is 10.9 Å². The van der Waals surface area contributed by atoms with E-state index in [2.05, 4.69) is 34.3 Å². The monoisotopic (exact) mass is 442 g/mol. The first-order valence-corrected chi connectivity index (χ1v) is 12.1. The number of carbonyl (C=O) groups is 1. The average Bonchev–Trinajstić information content (AvgIpc) is 3.22. The van der Waals surface area contributed by atoms with Gasteiger partial charge >= 0.3 is 0 Å². The summed E-state index contributed by atoms with van der Waals surface area (Å²) in [6.07, 6.45) is 3.86. The molecule has 2 aromatic heterocycles. The Morgan fingerprint density at radius 1 is 1.19 bits per heavy atom. The number of unbranched alkanes of at least 4 members (excludes halogenated alkanes) is 1. The van der Waals surface area contributed by atoms with E-state index in [-0.39, 0.29) is 23.3 Å². The number of nitrogens with zero attached hydrogens (tertiary/aromatic N) is 5. The molecule has 9 heteroatoms. The molecule has 0 bridgehead atoms. The van der Waals surface area contributed by atoms with Gasteiger partial charge in [0.05, 0.1) is 16.7 Å². The second kappa shape index (κ2) is 9.82. The summed E-state index contributed by atoms with van der Waals surface area (Å²) in [6, 6.07) is 7.76. The van der Waals surface area contributed by atoms with Gasteiger partial charge in [-0.1, -0.05) is 44.2 Å². The molecule has 0 spiro atoms. The predicted octanol–water partition coefficient (Wildman–Crippen LogP) is 2.54. The highest BCUT2D eigenvalue weighted by molar-refractivity contribution is 7.99. The molecule has 0 atom stereocenters. The van der Waals surface area contributed by atoms with Gasteiger partial charge in [0.2, 0.25) is 11.7 Å². The smallest absolute Gasteiger partial charge is 0.262 e. The van der Waals surface area contributed by atoms with Crippen LogP contribution in [0, 0.1) is 0 Å². The lowest BCUT2D eigenvalue weighted by atomic mass is 10.1. The van der Waals surface area contributed by atoms with E-state index < -0.39 is 0 Å². The number of carbonyl (C=O) groups excluding carboxylic acids is 1. The Labute approximate surface area is 186 Å². The van der Waals surface area contributed by atoms with Crippen LogP contribution >= 0.6 is 11.8 Å². The molecule has 8 nitrogen and oxygen atoms in total. The van der Waals surface area contributed by atoms with E-state index in [0.717, 1.165) is 50.8 Å². The lowest BCUT2D eigenvalue weighted by molar-refractivity contribution is -0.119. The third-order valence-corrected chi connectivity index (χ3v) is 6.87. The molecule has 1 N–H and O–H groups in total.